The van der Waals surface area contributed by atoms with Crippen LogP contribution in [0.5, 0.6) is 5.75 Å². The van der Waals surface area contributed by atoms with Crippen LogP contribution in [0, 0.1) is 0 Å². The number of hydrogen-bond donors (Lipinski definition) is 2. The van der Waals surface area contributed by atoms with Gasteiger partial charge in [-0.15, -0.1) is 0 Å². The molecule has 0 aliphatic heterocycles. The predicted molar refractivity (Wildman–Crippen MR) is 74.1 cm³/mol. The summed E-state index contributed by atoms with van der Waals surface area (Å²) in [5.74, 6) is 1.45. The molecule has 3 heteroatoms. The third-order valence-corrected chi connectivity index (χ3v) is 2.76. The van der Waals surface area contributed by atoms with E-state index in [9.17, 15) is 0 Å². The summed E-state index contributed by atoms with van der Waals surface area (Å²) in [7, 11) is 1.71. The molecule has 0 saturated heterocycles. The van der Waals surface area contributed by atoms with Crippen molar-refractivity contribution in [2.75, 3.05) is 32.1 Å². The smallest absolute Gasteiger partial charge is 0.141 e. The fourth-order valence-corrected chi connectivity index (χ4v) is 1.69. The van der Waals surface area contributed by atoms with Gasteiger partial charge in [-0.05, 0) is 30.2 Å². The lowest BCUT2D eigenvalue weighted by Gasteiger charge is -2.14. The van der Waals surface area contributed by atoms with Crippen LogP contribution >= 0.6 is 0 Å². The molecule has 0 amide bonds. The van der Waals surface area contributed by atoms with Crippen molar-refractivity contribution in [3.05, 3.63) is 23.8 Å². The van der Waals surface area contributed by atoms with Gasteiger partial charge in [-0.1, -0.05) is 26.8 Å². The average molecular weight is 236 g/mol. The van der Waals surface area contributed by atoms with E-state index in [1.54, 1.807) is 7.11 Å². The van der Waals surface area contributed by atoms with E-state index >= 15 is 0 Å². The van der Waals surface area contributed by atoms with Crippen molar-refractivity contribution in [2.24, 2.45) is 0 Å². The SMILES string of the molecule is CCNCCNc1cc(C(C)C)ccc1OC. The molecule has 0 radical (unpaired) electrons. The molecule has 0 saturated carbocycles. The van der Waals surface area contributed by atoms with E-state index in [0.717, 1.165) is 31.1 Å². The molecule has 1 rings (SSSR count). The summed E-state index contributed by atoms with van der Waals surface area (Å²) in [6, 6.07) is 6.33. The summed E-state index contributed by atoms with van der Waals surface area (Å²) < 4.78 is 5.35. The number of benzene rings is 1. The summed E-state index contributed by atoms with van der Waals surface area (Å²) in [6.45, 7) is 9.39. The molecule has 0 heterocycles. The van der Waals surface area contributed by atoms with E-state index in [2.05, 4.69) is 43.5 Å². The van der Waals surface area contributed by atoms with Gasteiger partial charge in [-0.25, -0.2) is 0 Å². The second kappa shape index (κ2) is 7.17. The van der Waals surface area contributed by atoms with Gasteiger partial charge in [0.15, 0.2) is 0 Å². The Hall–Kier alpha value is -1.22. The Morgan fingerprint density at radius 3 is 2.59 bits per heavy atom. The van der Waals surface area contributed by atoms with E-state index in [4.69, 9.17) is 4.74 Å². The van der Waals surface area contributed by atoms with Gasteiger partial charge in [-0.3, -0.25) is 0 Å². The minimum atomic E-state index is 0.537. The maximum Gasteiger partial charge on any atom is 0.141 e. The largest absolute Gasteiger partial charge is 0.495 e. The third-order valence-electron chi connectivity index (χ3n) is 2.76. The van der Waals surface area contributed by atoms with Crippen LogP contribution in [0.1, 0.15) is 32.3 Å². The summed E-state index contributed by atoms with van der Waals surface area (Å²) >= 11 is 0. The second-order valence-electron chi connectivity index (χ2n) is 4.39. The topological polar surface area (TPSA) is 33.3 Å². The molecule has 3 nitrogen and oxygen atoms in total. The first kappa shape index (κ1) is 13.8. The van der Waals surface area contributed by atoms with Crippen LogP contribution in [-0.2, 0) is 0 Å². The molecule has 2 N–H and O–H groups in total. The molecular formula is C14H24N2O. The molecule has 0 fully saturated rings. The van der Waals surface area contributed by atoms with Crippen molar-refractivity contribution in [3.8, 4) is 5.75 Å². The summed E-state index contributed by atoms with van der Waals surface area (Å²) in [5.41, 5.74) is 2.41. The number of methoxy groups -OCH3 is 1. The van der Waals surface area contributed by atoms with Crippen molar-refractivity contribution in [2.45, 2.75) is 26.7 Å². The van der Waals surface area contributed by atoms with Gasteiger partial charge in [0, 0.05) is 13.1 Å². The normalized spacial score (nSPS) is 10.6. The Morgan fingerprint density at radius 1 is 1.24 bits per heavy atom. The van der Waals surface area contributed by atoms with E-state index in [-0.39, 0.29) is 0 Å². The van der Waals surface area contributed by atoms with E-state index in [1.807, 2.05) is 6.07 Å². The molecular weight excluding hydrogens is 212 g/mol. The lowest BCUT2D eigenvalue weighted by molar-refractivity contribution is 0.416. The molecule has 17 heavy (non-hydrogen) atoms. The molecule has 0 aliphatic rings. The van der Waals surface area contributed by atoms with Gasteiger partial charge < -0.3 is 15.4 Å². The van der Waals surface area contributed by atoms with Crippen molar-refractivity contribution < 1.29 is 4.74 Å². The molecule has 0 aliphatic carbocycles. The molecule has 0 bridgehead atoms. The van der Waals surface area contributed by atoms with Crippen LogP contribution in [0.25, 0.3) is 0 Å². The molecule has 0 aromatic heterocycles. The first-order chi connectivity index (χ1) is 8.19. The summed E-state index contributed by atoms with van der Waals surface area (Å²) in [5, 5.41) is 6.70. The molecule has 96 valence electrons. The number of nitrogens with one attached hydrogen (secondary N) is 2. The van der Waals surface area contributed by atoms with Crippen molar-refractivity contribution in [1.29, 1.82) is 0 Å². The Morgan fingerprint density at radius 2 is 2.00 bits per heavy atom. The number of rotatable bonds is 7. The maximum absolute atomic E-state index is 5.35. The quantitative estimate of drug-likeness (QED) is 0.714. The van der Waals surface area contributed by atoms with Gasteiger partial charge in [0.25, 0.3) is 0 Å². The second-order valence-corrected chi connectivity index (χ2v) is 4.39. The minimum absolute atomic E-state index is 0.537. The highest BCUT2D eigenvalue weighted by molar-refractivity contribution is 5.58. The molecule has 0 spiro atoms. The Balaban J connectivity index is 2.69. The van der Waals surface area contributed by atoms with Crippen LogP contribution in [0.3, 0.4) is 0 Å². The summed E-state index contributed by atoms with van der Waals surface area (Å²) in [4.78, 5) is 0. The predicted octanol–water partition coefficient (Wildman–Crippen LogP) is 2.84. The lowest BCUT2D eigenvalue weighted by atomic mass is 10.0. The van der Waals surface area contributed by atoms with Crippen molar-refractivity contribution in [3.63, 3.8) is 0 Å². The fraction of sp³-hybridized carbons (Fsp3) is 0.571. The fourth-order valence-electron chi connectivity index (χ4n) is 1.69. The zero-order chi connectivity index (χ0) is 12.7. The maximum atomic E-state index is 5.35. The monoisotopic (exact) mass is 236 g/mol. The first-order valence-electron chi connectivity index (χ1n) is 6.31. The molecule has 1 aromatic carbocycles. The Labute approximate surface area is 105 Å². The molecule has 0 atom stereocenters. The van der Waals surface area contributed by atoms with Gasteiger partial charge in [0.1, 0.15) is 5.75 Å². The van der Waals surface area contributed by atoms with Crippen LogP contribution in [0.4, 0.5) is 5.69 Å². The standard InChI is InChI=1S/C14H24N2O/c1-5-15-8-9-16-13-10-12(11(2)3)6-7-14(13)17-4/h6-7,10-11,15-16H,5,8-9H2,1-4H3. The zero-order valence-corrected chi connectivity index (χ0v) is 11.3. The van der Waals surface area contributed by atoms with Crippen molar-refractivity contribution >= 4 is 5.69 Å². The van der Waals surface area contributed by atoms with Gasteiger partial charge in [-0.2, -0.15) is 0 Å². The number of likely N-dealkylation sites (N-methyl/N-ethyl adjacent to an activating group) is 1. The minimum Gasteiger partial charge on any atom is -0.495 e. The Bertz CT molecular complexity index is 337. The van der Waals surface area contributed by atoms with Crippen LogP contribution in [-0.4, -0.2) is 26.7 Å². The Kier molecular flexibility index (Phi) is 5.84. The average Bonchev–Trinajstić information content (AvgIpc) is 2.34. The number of hydrogen-bond acceptors (Lipinski definition) is 3. The zero-order valence-electron chi connectivity index (χ0n) is 11.3. The van der Waals surface area contributed by atoms with E-state index in [1.165, 1.54) is 5.56 Å². The van der Waals surface area contributed by atoms with E-state index in [0.29, 0.717) is 5.92 Å². The first-order valence-corrected chi connectivity index (χ1v) is 6.31. The molecule has 1 aromatic rings. The lowest BCUT2D eigenvalue weighted by Crippen LogP contribution is -2.21. The van der Waals surface area contributed by atoms with Gasteiger partial charge in [0.05, 0.1) is 12.8 Å². The third kappa shape index (κ3) is 4.27. The molecule has 0 unspecified atom stereocenters. The highest BCUT2D eigenvalue weighted by Gasteiger charge is 2.06. The van der Waals surface area contributed by atoms with Gasteiger partial charge in [0.2, 0.25) is 0 Å². The highest BCUT2D eigenvalue weighted by Crippen LogP contribution is 2.28. The number of ether oxygens (including phenoxy) is 1. The van der Waals surface area contributed by atoms with Crippen LogP contribution in [0.15, 0.2) is 18.2 Å². The highest BCUT2D eigenvalue weighted by atomic mass is 16.5. The van der Waals surface area contributed by atoms with E-state index < -0.39 is 0 Å². The summed E-state index contributed by atoms with van der Waals surface area (Å²) in [6.07, 6.45) is 0. The number of anilines is 1. The van der Waals surface area contributed by atoms with Crippen molar-refractivity contribution in [1.82, 2.24) is 5.32 Å². The van der Waals surface area contributed by atoms with Gasteiger partial charge >= 0.3 is 0 Å². The van der Waals surface area contributed by atoms with Crippen LogP contribution in [0.2, 0.25) is 0 Å². The van der Waals surface area contributed by atoms with Crippen LogP contribution < -0.4 is 15.4 Å².